The van der Waals surface area contributed by atoms with Gasteiger partial charge in [-0.05, 0) is 37.5 Å². The van der Waals surface area contributed by atoms with Crippen molar-refractivity contribution in [3.8, 4) is 0 Å². The SMILES string of the molecule is CC(=O)N(N(C)C)N1CCCc2cc(C3=NNC(=O)NC3C)ccc21. The van der Waals surface area contributed by atoms with Gasteiger partial charge in [-0.1, -0.05) is 6.07 Å². The fraction of sp³-hybridized carbons (Fsp3) is 0.471. The summed E-state index contributed by atoms with van der Waals surface area (Å²) in [7, 11) is 3.72. The minimum atomic E-state index is -0.288. The van der Waals surface area contributed by atoms with Crippen LogP contribution in [-0.4, -0.2) is 54.5 Å². The molecular formula is C17H24N6O2. The minimum absolute atomic E-state index is 0.0286. The summed E-state index contributed by atoms with van der Waals surface area (Å²) in [6, 6.07) is 5.67. The first-order valence-electron chi connectivity index (χ1n) is 8.41. The van der Waals surface area contributed by atoms with E-state index in [1.165, 1.54) is 5.56 Å². The molecule has 2 aliphatic rings. The number of hydrazone groups is 1. The highest BCUT2D eigenvalue weighted by atomic mass is 16.2. The maximum atomic E-state index is 12.1. The fourth-order valence-electron chi connectivity index (χ4n) is 3.42. The maximum absolute atomic E-state index is 12.1. The molecule has 8 heteroatoms. The van der Waals surface area contributed by atoms with Gasteiger partial charge in [0.1, 0.15) is 0 Å². The first-order valence-corrected chi connectivity index (χ1v) is 8.41. The quantitative estimate of drug-likeness (QED) is 0.804. The molecule has 0 saturated carbocycles. The summed E-state index contributed by atoms with van der Waals surface area (Å²) in [6.45, 7) is 4.27. The maximum Gasteiger partial charge on any atom is 0.335 e. The Hall–Kier alpha value is -2.61. The Morgan fingerprint density at radius 1 is 1.36 bits per heavy atom. The number of carbonyl (C=O) groups excluding carboxylic acids is 2. The summed E-state index contributed by atoms with van der Waals surface area (Å²) >= 11 is 0. The predicted octanol–water partition coefficient (Wildman–Crippen LogP) is 1.08. The number of rotatable bonds is 3. The zero-order valence-electron chi connectivity index (χ0n) is 15.0. The molecule has 0 radical (unpaired) electrons. The van der Waals surface area contributed by atoms with E-state index >= 15 is 0 Å². The Bertz CT molecular complexity index is 730. The molecule has 3 amide bonds. The van der Waals surface area contributed by atoms with Gasteiger partial charge in [-0.3, -0.25) is 9.80 Å². The van der Waals surface area contributed by atoms with Crippen molar-refractivity contribution in [1.82, 2.24) is 20.9 Å². The molecule has 8 nitrogen and oxygen atoms in total. The lowest BCUT2D eigenvalue weighted by Crippen LogP contribution is -2.54. The Balaban J connectivity index is 1.95. The van der Waals surface area contributed by atoms with Crippen molar-refractivity contribution in [2.24, 2.45) is 5.10 Å². The van der Waals surface area contributed by atoms with E-state index in [0.717, 1.165) is 36.3 Å². The number of urea groups is 1. The summed E-state index contributed by atoms with van der Waals surface area (Å²) in [5.74, 6) is -0.0286. The Kier molecular flexibility index (Phi) is 4.63. The van der Waals surface area contributed by atoms with E-state index in [1.807, 2.05) is 38.2 Å². The second-order valence-corrected chi connectivity index (χ2v) is 6.53. The summed E-state index contributed by atoms with van der Waals surface area (Å²) in [6.07, 6.45) is 1.91. The van der Waals surface area contributed by atoms with Crippen LogP contribution in [0.5, 0.6) is 0 Å². The molecule has 3 rings (SSSR count). The van der Waals surface area contributed by atoms with Crippen molar-refractivity contribution in [3.63, 3.8) is 0 Å². The molecule has 0 bridgehead atoms. The lowest BCUT2D eigenvalue weighted by atomic mass is 9.96. The van der Waals surface area contributed by atoms with Crippen molar-refractivity contribution in [3.05, 3.63) is 29.3 Å². The summed E-state index contributed by atoms with van der Waals surface area (Å²) < 4.78 is 0. The van der Waals surface area contributed by atoms with E-state index < -0.39 is 0 Å². The normalized spacial score (nSPS) is 19.7. The number of hydrazine groups is 2. The van der Waals surface area contributed by atoms with Gasteiger partial charge in [-0.2, -0.15) is 10.2 Å². The van der Waals surface area contributed by atoms with Crippen LogP contribution in [0.2, 0.25) is 0 Å². The molecule has 0 spiro atoms. The van der Waals surface area contributed by atoms with Gasteiger partial charge in [0.2, 0.25) is 0 Å². The van der Waals surface area contributed by atoms with Crippen LogP contribution in [0.4, 0.5) is 10.5 Å². The van der Waals surface area contributed by atoms with Crippen LogP contribution in [0, 0.1) is 0 Å². The van der Waals surface area contributed by atoms with E-state index in [0.29, 0.717) is 0 Å². The smallest absolute Gasteiger partial charge is 0.328 e. The summed E-state index contributed by atoms with van der Waals surface area (Å²) in [5, 5.41) is 12.5. The average Bonchev–Trinajstić information content (AvgIpc) is 2.54. The number of nitrogens with zero attached hydrogens (tertiary/aromatic N) is 4. The molecule has 25 heavy (non-hydrogen) atoms. The fourth-order valence-corrected chi connectivity index (χ4v) is 3.42. The molecule has 1 unspecified atom stereocenters. The van der Waals surface area contributed by atoms with Gasteiger partial charge >= 0.3 is 6.03 Å². The highest BCUT2D eigenvalue weighted by Gasteiger charge is 2.27. The van der Waals surface area contributed by atoms with Crippen molar-refractivity contribution in [2.45, 2.75) is 32.7 Å². The van der Waals surface area contributed by atoms with Gasteiger partial charge < -0.3 is 5.32 Å². The molecule has 1 aromatic rings. The summed E-state index contributed by atoms with van der Waals surface area (Å²) in [5.41, 5.74) is 6.44. The average molecular weight is 344 g/mol. The Morgan fingerprint density at radius 2 is 2.12 bits per heavy atom. The number of benzene rings is 1. The van der Waals surface area contributed by atoms with E-state index in [1.54, 1.807) is 17.1 Å². The summed E-state index contributed by atoms with van der Waals surface area (Å²) in [4.78, 5) is 23.4. The monoisotopic (exact) mass is 344 g/mol. The molecular weight excluding hydrogens is 320 g/mol. The van der Waals surface area contributed by atoms with Gasteiger partial charge in [0, 0.05) is 33.1 Å². The molecule has 2 heterocycles. The number of nitrogens with one attached hydrogen (secondary N) is 2. The molecule has 2 aliphatic heterocycles. The number of amides is 3. The lowest BCUT2D eigenvalue weighted by molar-refractivity contribution is -0.143. The van der Waals surface area contributed by atoms with Gasteiger partial charge in [0.25, 0.3) is 5.91 Å². The third-order valence-electron chi connectivity index (χ3n) is 4.39. The highest BCUT2D eigenvalue weighted by Crippen LogP contribution is 2.30. The highest BCUT2D eigenvalue weighted by molar-refractivity contribution is 6.07. The number of aryl methyl sites for hydroxylation is 1. The van der Waals surface area contributed by atoms with Gasteiger partial charge in [0.05, 0.1) is 17.4 Å². The Labute approximate surface area is 147 Å². The number of anilines is 1. The topological polar surface area (TPSA) is 80.3 Å². The molecule has 0 aliphatic carbocycles. The van der Waals surface area contributed by atoms with E-state index in [9.17, 15) is 9.59 Å². The van der Waals surface area contributed by atoms with Gasteiger partial charge in [-0.15, -0.1) is 0 Å². The van der Waals surface area contributed by atoms with Crippen LogP contribution < -0.4 is 15.8 Å². The van der Waals surface area contributed by atoms with Crippen LogP contribution in [0.15, 0.2) is 23.3 Å². The van der Waals surface area contributed by atoms with Gasteiger partial charge in [-0.25, -0.2) is 15.2 Å². The zero-order valence-corrected chi connectivity index (χ0v) is 15.0. The van der Waals surface area contributed by atoms with Crippen molar-refractivity contribution in [2.75, 3.05) is 25.6 Å². The molecule has 1 atom stereocenters. The van der Waals surface area contributed by atoms with Crippen LogP contribution in [-0.2, 0) is 11.2 Å². The second kappa shape index (κ2) is 6.72. The third kappa shape index (κ3) is 3.30. The largest absolute Gasteiger partial charge is 0.335 e. The van der Waals surface area contributed by atoms with Crippen LogP contribution in [0.3, 0.4) is 0 Å². The van der Waals surface area contributed by atoms with E-state index in [4.69, 9.17) is 0 Å². The molecule has 1 aromatic carbocycles. The standard InChI is InChI=1S/C17H24N6O2/c1-11-16(19-20-17(25)18-11)14-7-8-15-13(10-14)6-5-9-22(15)23(12(2)24)21(3)4/h7-8,10-11H,5-6,9H2,1-4H3,(H2,18,20,25). The predicted molar refractivity (Wildman–Crippen MR) is 96.0 cm³/mol. The first kappa shape index (κ1) is 17.2. The van der Waals surface area contributed by atoms with Crippen molar-refractivity contribution >= 4 is 23.3 Å². The second-order valence-electron chi connectivity index (χ2n) is 6.53. The van der Waals surface area contributed by atoms with Crippen molar-refractivity contribution < 1.29 is 9.59 Å². The van der Waals surface area contributed by atoms with Crippen LogP contribution in [0.25, 0.3) is 0 Å². The minimum Gasteiger partial charge on any atom is -0.328 e. The van der Waals surface area contributed by atoms with Crippen molar-refractivity contribution in [1.29, 1.82) is 0 Å². The molecule has 0 fully saturated rings. The molecule has 2 N–H and O–H groups in total. The number of hydrogen-bond donors (Lipinski definition) is 2. The molecule has 0 aromatic heterocycles. The third-order valence-corrected chi connectivity index (χ3v) is 4.39. The zero-order chi connectivity index (χ0) is 18.1. The Morgan fingerprint density at radius 3 is 2.76 bits per heavy atom. The van der Waals surface area contributed by atoms with Gasteiger partial charge in [0.15, 0.2) is 0 Å². The van der Waals surface area contributed by atoms with E-state index in [2.05, 4.69) is 21.9 Å². The first-order chi connectivity index (χ1) is 11.9. The van der Waals surface area contributed by atoms with Crippen LogP contribution in [0.1, 0.15) is 31.4 Å². The number of hydrogen-bond acceptors (Lipinski definition) is 5. The molecule has 134 valence electrons. The lowest BCUT2D eigenvalue weighted by Gasteiger charge is -2.42. The van der Waals surface area contributed by atoms with Crippen LogP contribution >= 0.6 is 0 Å². The number of carbonyl (C=O) groups is 2. The number of fused-ring (bicyclic) bond motifs is 1. The van der Waals surface area contributed by atoms with E-state index in [-0.39, 0.29) is 18.0 Å². The molecule has 0 saturated heterocycles.